The molecule has 1 amide bonds. The van der Waals surface area contributed by atoms with E-state index in [9.17, 15) is 19.2 Å². The summed E-state index contributed by atoms with van der Waals surface area (Å²) in [6.45, 7) is 1.52. The van der Waals surface area contributed by atoms with Crippen LogP contribution in [0.2, 0.25) is 0 Å². The maximum Gasteiger partial charge on any atom is 0.340 e. The Morgan fingerprint density at radius 1 is 1.06 bits per heavy atom. The van der Waals surface area contributed by atoms with Crippen LogP contribution in [-0.2, 0) is 41.7 Å². The van der Waals surface area contributed by atoms with E-state index in [0.717, 1.165) is 23.1 Å². The maximum atomic E-state index is 13.9. The van der Waals surface area contributed by atoms with E-state index >= 15 is 0 Å². The summed E-state index contributed by atoms with van der Waals surface area (Å²) < 4.78 is 11.1. The molecule has 2 N–H and O–H groups in total. The lowest BCUT2D eigenvalue weighted by Crippen LogP contribution is -2.62. The summed E-state index contributed by atoms with van der Waals surface area (Å²) in [5.74, 6) is -4.88. The molecule has 8 nitrogen and oxygen atoms in total. The first-order chi connectivity index (χ1) is 16.3. The number of esters is 1. The third kappa shape index (κ3) is 3.82. The number of rotatable bonds is 7. The van der Waals surface area contributed by atoms with Crippen molar-refractivity contribution in [3.63, 3.8) is 0 Å². The van der Waals surface area contributed by atoms with Crippen molar-refractivity contribution < 1.29 is 28.7 Å². The Morgan fingerprint density at radius 2 is 1.65 bits per heavy atom. The Labute approximate surface area is 198 Å². The lowest BCUT2D eigenvalue weighted by atomic mass is 9.85. The van der Waals surface area contributed by atoms with Gasteiger partial charge in [0.15, 0.2) is 11.6 Å². The number of ketones is 2. The Kier molecular flexibility index (Phi) is 6.63. The van der Waals surface area contributed by atoms with E-state index in [2.05, 4.69) is 0 Å². The van der Waals surface area contributed by atoms with E-state index < -0.39 is 53.0 Å². The minimum atomic E-state index is -2.09. The molecule has 2 aromatic carbocycles. The van der Waals surface area contributed by atoms with Crippen LogP contribution < -0.4 is 5.73 Å². The highest BCUT2D eigenvalue weighted by atomic mass is 16.5. The summed E-state index contributed by atoms with van der Waals surface area (Å²) >= 11 is 0. The van der Waals surface area contributed by atoms with Crippen LogP contribution in [0.15, 0.2) is 60.7 Å². The second-order valence-electron chi connectivity index (χ2n) is 8.82. The summed E-state index contributed by atoms with van der Waals surface area (Å²) in [4.78, 5) is 55.1. The summed E-state index contributed by atoms with van der Waals surface area (Å²) in [5.41, 5.74) is 5.42. The molecule has 1 saturated heterocycles. The molecule has 0 aromatic heterocycles. The molecule has 34 heavy (non-hydrogen) atoms. The number of ether oxygens (including phenoxy) is 2. The van der Waals surface area contributed by atoms with Gasteiger partial charge in [0.1, 0.15) is 0 Å². The van der Waals surface area contributed by atoms with Gasteiger partial charge in [0.2, 0.25) is 11.4 Å². The zero-order valence-corrected chi connectivity index (χ0v) is 19.2. The number of fused-ring (bicyclic) bond motifs is 1. The number of likely N-dealkylation sites (tertiary alicyclic amines) is 1. The van der Waals surface area contributed by atoms with Crippen LogP contribution in [0.4, 0.5) is 0 Å². The molecule has 3 unspecified atom stereocenters. The lowest BCUT2D eigenvalue weighted by molar-refractivity contribution is -0.165. The van der Waals surface area contributed by atoms with Crippen LogP contribution in [-0.4, -0.2) is 59.7 Å². The zero-order valence-electron chi connectivity index (χ0n) is 19.2. The minimum absolute atomic E-state index is 0.109. The van der Waals surface area contributed by atoms with Crippen LogP contribution in [0.5, 0.6) is 0 Å². The smallest absolute Gasteiger partial charge is 0.340 e. The SMILES string of the molecule is COC(=O)[C@@]12C(=O)C(Cc3ccccc3)C(=O)C1[C@@H](OCc1ccccc1)CN2C(=O)C(C)N. The predicted molar refractivity (Wildman–Crippen MR) is 122 cm³/mol. The lowest BCUT2D eigenvalue weighted by Gasteiger charge is -2.34. The number of nitrogens with zero attached hydrogens (tertiary/aromatic N) is 1. The second kappa shape index (κ2) is 9.48. The first-order valence-corrected chi connectivity index (χ1v) is 11.2. The molecule has 0 spiro atoms. The van der Waals surface area contributed by atoms with E-state index in [4.69, 9.17) is 15.2 Å². The summed E-state index contributed by atoms with van der Waals surface area (Å²) in [7, 11) is 1.14. The number of methoxy groups -OCH3 is 1. The zero-order chi connectivity index (χ0) is 24.5. The summed E-state index contributed by atoms with van der Waals surface area (Å²) in [6, 6.07) is 17.4. The number of carbonyl (C=O) groups excluding carboxylic acids is 4. The van der Waals surface area contributed by atoms with Crippen molar-refractivity contribution >= 4 is 23.4 Å². The molecule has 178 valence electrons. The summed E-state index contributed by atoms with van der Waals surface area (Å²) in [5, 5.41) is 0. The van der Waals surface area contributed by atoms with Gasteiger partial charge in [-0.15, -0.1) is 0 Å². The van der Waals surface area contributed by atoms with E-state index in [-0.39, 0.29) is 19.6 Å². The van der Waals surface area contributed by atoms with E-state index in [1.54, 1.807) is 0 Å². The van der Waals surface area contributed by atoms with Crippen molar-refractivity contribution in [3.05, 3.63) is 71.8 Å². The first-order valence-electron chi connectivity index (χ1n) is 11.2. The van der Waals surface area contributed by atoms with Crippen LogP contribution in [0.1, 0.15) is 18.1 Å². The van der Waals surface area contributed by atoms with Crippen molar-refractivity contribution in [2.45, 2.75) is 37.6 Å². The van der Waals surface area contributed by atoms with Crippen molar-refractivity contribution in [2.75, 3.05) is 13.7 Å². The van der Waals surface area contributed by atoms with E-state index in [1.807, 2.05) is 60.7 Å². The number of Topliss-reactive ketones (excluding diaryl/α,β-unsaturated/α-hetero) is 2. The third-order valence-corrected chi connectivity index (χ3v) is 6.69. The molecule has 2 fully saturated rings. The first kappa shape index (κ1) is 23.8. The average molecular weight is 465 g/mol. The van der Waals surface area contributed by atoms with Crippen LogP contribution in [0.25, 0.3) is 0 Å². The van der Waals surface area contributed by atoms with Crippen molar-refractivity contribution in [1.82, 2.24) is 4.90 Å². The van der Waals surface area contributed by atoms with Gasteiger partial charge in [-0.1, -0.05) is 60.7 Å². The summed E-state index contributed by atoms with van der Waals surface area (Å²) in [6.07, 6.45) is -0.737. The van der Waals surface area contributed by atoms with Gasteiger partial charge in [0.25, 0.3) is 0 Å². The molecule has 2 aliphatic rings. The van der Waals surface area contributed by atoms with Gasteiger partial charge >= 0.3 is 5.97 Å². The van der Waals surface area contributed by atoms with Crippen molar-refractivity contribution in [2.24, 2.45) is 17.6 Å². The second-order valence-corrected chi connectivity index (χ2v) is 8.82. The molecule has 2 aromatic rings. The molecule has 0 radical (unpaired) electrons. The highest BCUT2D eigenvalue weighted by Crippen LogP contribution is 2.48. The fraction of sp³-hybridized carbons (Fsp3) is 0.385. The molecular weight excluding hydrogens is 436 g/mol. The van der Waals surface area contributed by atoms with Crippen LogP contribution in [0, 0.1) is 11.8 Å². The molecule has 1 heterocycles. The highest BCUT2D eigenvalue weighted by Gasteiger charge is 2.75. The fourth-order valence-corrected chi connectivity index (χ4v) is 5.13. The highest BCUT2D eigenvalue weighted by molar-refractivity contribution is 6.27. The van der Waals surface area contributed by atoms with Crippen molar-refractivity contribution in [1.29, 1.82) is 0 Å². The van der Waals surface area contributed by atoms with Gasteiger partial charge in [-0.25, -0.2) is 4.79 Å². The largest absolute Gasteiger partial charge is 0.467 e. The molecule has 1 aliphatic carbocycles. The van der Waals surface area contributed by atoms with Crippen molar-refractivity contribution in [3.8, 4) is 0 Å². The molecular formula is C26H28N2O6. The molecule has 4 rings (SSSR count). The van der Waals surface area contributed by atoms with Gasteiger partial charge in [-0.05, 0) is 24.5 Å². The Hall–Kier alpha value is -3.36. The molecule has 5 atom stereocenters. The van der Waals surface area contributed by atoms with Gasteiger partial charge in [0, 0.05) is 6.54 Å². The standard InChI is InChI=1S/C26H28N2O6/c1-16(27)24(31)28-14-20(34-15-18-11-7-4-8-12-18)21-22(29)19(13-17-9-5-3-6-10-17)23(30)26(21,28)25(32)33-2/h3-12,16,19-21H,13-15,27H2,1-2H3/t16?,19?,20-,21?,26-/m0/s1. The Balaban J connectivity index is 1.75. The average Bonchev–Trinajstić information content (AvgIpc) is 3.30. The van der Waals surface area contributed by atoms with E-state index in [0.29, 0.717) is 0 Å². The number of hydrogen-bond acceptors (Lipinski definition) is 7. The fourth-order valence-electron chi connectivity index (χ4n) is 5.13. The monoisotopic (exact) mass is 464 g/mol. The Bertz CT molecular complexity index is 1090. The topological polar surface area (TPSA) is 116 Å². The van der Waals surface area contributed by atoms with Crippen LogP contribution in [0.3, 0.4) is 0 Å². The Morgan fingerprint density at radius 3 is 2.21 bits per heavy atom. The molecule has 1 saturated carbocycles. The normalized spacial score (nSPS) is 26.9. The van der Waals surface area contributed by atoms with Gasteiger partial charge in [0.05, 0.1) is 37.7 Å². The number of nitrogens with two attached hydrogens (primary N) is 1. The van der Waals surface area contributed by atoms with E-state index in [1.165, 1.54) is 6.92 Å². The molecule has 8 heteroatoms. The van der Waals surface area contributed by atoms with Gasteiger partial charge < -0.3 is 20.1 Å². The number of carbonyl (C=O) groups is 4. The number of hydrogen-bond donors (Lipinski definition) is 1. The predicted octanol–water partition coefficient (Wildman–Crippen LogP) is 1.30. The maximum absolute atomic E-state index is 13.9. The number of benzene rings is 2. The minimum Gasteiger partial charge on any atom is -0.467 e. The molecule has 1 aliphatic heterocycles. The quantitative estimate of drug-likeness (QED) is 0.485. The van der Waals surface area contributed by atoms with Gasteiger partial charge in [-0.3, -0.25) is 14.4 Å². The third-order valence-electron chi connectivity index (χ3n) is 6.69. The van der Waals surface area contributed by atoms with Gasteiger partial charge in [-0.2, -0.15) is 0 Å². The van der Waals surface area contributed by atoms with Crippen LogP contribution >= 0.6 is 0 Å². The number of amides is 1. The molecule has 0 bridgehead atoms.